The van der Waals surface area contributed by atoms with Crippen LogP contribution >= 0.6 is 0 Å². The number of allylic oxidation sites excluding steroid dienone is 3. The first-order chi connectivity index (χ1) is 32.2. The fourth-order valence-electron chi connectivity index (χ4n) is 7.29. The summed E-state index contributed by atoms with van der Waals surface area (Å²) in [5.41, 5.74) is 15.5. The number of methoxy groups -OCH3 is 1. The van der Waals surface area contributed by atoms with Crippen molar-refractivity contribution in [1.29, 1.82) is 0 Å². The Morgan fingerprint density at radius 2 is 1.21 bits per heavy atom. The largest absolute Gasteiger partial charge is 0.494 e. The van der Waals surface area contributed by atoms with Crippen molar-refractivity contribution in [2.75, 3.05) is 36.7 Å². The quantitative estimate of drug-likeness (QED) is 0.0627. The number of imidazole rings is 2. The molecule has 0 bridgehead atoms. The Bertz CT molecular complexity index is 3090. The van der Waals surface area contributed by atoms with Crippen molar-refractivity contribution in [2.24, 2.45) is 11.5 Å². The average Bonchev–Trinajstić information content (AvgIpc) is 4.14. The van der Waals surface area contributed by atoms with Gasteiger partial charge in [-0.3, -0.25) is 43.9 Å². The van der Waals surface area contributed by atoms with Crippen molar-refractivity contribution in [3.8, 4) is 11.5 Å². The number of aromatic nitrogens is 10. The van der Waals surface area contributed by atoms with Crippen LogP contribution < -0.4 is 42.2 Å². The third kappa shape index (κ3) is 10.1. The zero-order valence-electron chi connectivity index (χ0n) is 37.7. The summed E-state index contributed by atoms with van der Waals surface area (Å²) in [6.07, 6.45) is 9.76. The van der Waals surface area contributed by atoms with E-state index >= 15 is 0 Å². The Hall–Kier alpha value is -8.76. The van der Waals surface area contributed by atoms with E-state index in [-0.39, 0.29) is 70.9 Å². The molecular weight excluding hydrogens is 865 g/mol. The number of rotatable bonds is 19. The maximum absolute atomic E-state index is 13.8. The maximum Gasteiger partial charge on any atom is 0.412 e. The lowest BCUT2D eigenvalue weighted by molar-refractivity contribution is 0.0991. The fraction of sp³-hybridized carbons (Fsp3) is 0.273. The van der Waals surface area contributed by atoms with E-state index in [4.69, 9.17) is 20.9 Å². The highest BCUT2D eigenvalue weighted by molar-refractivity contribution is 6.05. The Morgan fingerprint density at radius 3 is 1.69 bits per heavy atom. The predicted molar refractivity (Wildman–Crippen MR) is 248 cm³/mol. The molecule has 0 saturated carbocycles. The molecule has 7 aromatic rings. The van der Waals surface area contributed by atoms with E-state index in [1.54, 1.807) is 80.6 Å². The molecule has 7 rings (SSSR count). The van der Waals surface area contributed by atoms with Crippen molar-refractivity contribution in [3.05, 3.63) is 107 Å². The first-order valence-corrected chi connectivity index (χ1v) is 21.1. The third-order valence-corrected chi connectivity index (χ3v) is 10.4. The van der Waals surface area contributed by atoms with Gasteiger partial charge in [-0.15, -0.1) is 0 Å². The van der Waals surface area contributed by atoms with Crippen LogP contribution in [0.25, 0.3) is 22.1 Å². The van der Waals surface area contributed by atoms with Crippen molar-refractivity contribution in [2.45, 2.75) is 60.4 Å². The van der Waals surface area contributed by atoms with Crippen molar-refractivity contribution in [3.63, 3.8) is 0 Å². The fourth-order valence-corrected chi connectivity index (χ4v) is 7.29. The van der Waals surface area contributed by atoms with Crippen molar-refractivity contribution < 1.29 is 33.4 Å². The Kier molecular flexibility index (Phi) is 13.8. The van der Waals surface area contributed by atoms with Crippen LogP contribution in [0.1, 0.15) is 66.9 Å². The number of aryl methyl sites for hydroxylation is 4. The Morgan fingerprint density at radius 1 is 0.701 bits per heavy atom. The standard InChI is InChI=1S/C44H50N16O7/c1-7-59-32(17-25(3)54-59)40(63)52-42-50-30-19-27(38(45)61)21-34(66-6)36(30)57(42)15-11-12-16-58-37-31(51-43(58)53-41(64)33-18-26(4)55-60(33)8-2)20-28(39(46)62)22-35(37)67-44(65)48-13-9-10-14-56-24-29(47-5)23-49-56/h9-12,17-24,47H,7-8,13-16H2,1-6H3,(H2,45,61)(H2,46,62)(H,48,65)(H,50,52,63)(H,51,53,64)/b10-9+,12-11+. The number of anilines is 3. The summed E-state index contributed by atoms with van der Waals surface area (Å²) in [6.45, 7) is 8.81. The van der Waals surface area contributed by atoms with Crippen LogP contribution in [0.3, 0.4) is 0 Å². The Balaban J connectivity index is 1.23. The van der Waals surface area contributed by atoms with Crippen molar-refractivity contribution >= 4 is 69.4 Å². The van der Waals surface area contributed by atoms with Gasteiger partial charge in [-0.1, -0.05) is 24.3 Å². The number of carbonyl (C=O) groups is 5. The van der Waals surface area contributed by atoms with Gasteiger partial charge < -0.3 is 40.7 Å². The minimum absolute atomic E-state index is 0.000241. The molecule has 0 atom stereocenters. The number of nitrogens with two attached hydrogens (primary N) is 2. The summed E-state index contributed by atoms with van der Waals surface area (Å²) in [5, 5.41) is 24.5. The zero-order valence-corrected chi connectivity index (χ0v) is 37.7. The normalized spacial score (nSPS) is 11.5. The van der Waals surface area contributed by atoms with Crippen LogP contribution in [0.5, 0.6) is 11.5 Å². The molecular formula is C44H50N16O7. The summed E-state index contributed by atoms with van der Waals surface area (Å²) in [5.74, 6) is -2.10. The molecule has 0 fully saturated rings. The smallest absolute Gasteiger partial charge is 0.412 e. The second-order valence-corrected chi connectivity index (χ2v) is 15.0. The molecule has 348 valence electrons. The van der Waals surface area contributed by atoms with Crippen LogP contribution in [0.2, 0.25) is 0 Å². The van der Waals surface area contributed by atoms with Gasteiger partial charge in [-0.25, -0.2) is 14.8 Å². The van der Waals surface area contributed by atoms with Gasteiger partial charge in [0, 0.05) is 57.1 Å². The molecule has 0 radical (unpaired) electrons. The molecule has 0 saturated heterocycles. The summed E-state index contributed by atoms with van der Waals surface area (Å²) in [7, 11) is 3.23. The second-order valence-electron chi connectivity index (χ2n) is 15.0. The van der Waals surface area contributed by atoms with Gasteiger partial charge in [0.2, 0.25) is 23.7 Å². The van der Waals surface area contributed by atoms with Crippen LogP contribution in [-0.2, 0) is 32.7 Å². The Labute approximate surface area is 382 Å². The average molecular weight is 915 g/mol. The molecule has 0 aliphatic heterocycles. The van der Waals surface area contributed by atoms with Crippen LogP contribution in [0.4, 0.5) is 22.4 Å². The van der Waals surface area contributed by atoms with E-state index in [9.17, 15) is 24.0 Å². The summed E-state index contributed by atoms with van der Waals surface area (Å²) in [6, 6.07) is 9.05. The van der Waals surface area contributed by atoms with E-state index in [0.717, 1.165) is 5.69 Å². The number of carbonyl (C=O) groups excluding carboxylic acids is 5. The highest BCUT2D eigenvalue weighted by atomic mass is 16.6. The third-order valence-electron chi connectivity index (χ3n) is 10.4. The van der Waals surface area contributed by atoms with Gasteiger partial charge >= 0.3 is 6.09 Å². The minimum atomic E-state index is -0.840. The van der Waals surface area contributed by atoms with E-state index in [1.807, 2.05) is 26.1 Å². The zero-order chi connectivity index (χ0) is 47.9. The molecule has 2 aromatic carbocycles. The molecule has 0 spiro atoms. The lowest BCUT2D eigenvalue weighted by Gasteiger charge is -2.13. The van der Waals surface area contributed by atoms with Gasteiger partial charge in [0.1, 0.15) is 28.2 Å². The van der Waals surface area contributed by atoms with Gasteiger partial charge in [0.25, 0.3) is 11.8 Å². The highest BCUT2D eigenvalue weighted by Crippen LogP contribution is 2.33. The van der Waals surface area contributed by atoms with Gasteiger partial charge in [-0.2, -0.15) is 15.3 Å². The monoisotopic (exact) mass is 914 g/mol. The molecule has 0 aliphatic carbocycles. The molecule has 23 heteroatoms. The molecule has 0 unspecified atom stereocenters. The van der Waals surface area contributed by atoms with Gasteiger partial charge in [-0.05, 0) is 64.1 Å². The van der Waals surface area contributed by atoms with E-state index < -0.39 is 29.7 Å². The number of nitrogens with one attached hydrogen (secondary N) is 4. The molecule has 67 heavy (non-hydrogen) atoms. The van der Waals surface area contributed by atoms with Crippen LogP contribution in [-0.4, -0.2) is 98.9 Å². The highest BCUT2D eigenvalue weighted by Gasteiger charge is 2.24. The number of hydrogen-bond acceptors (Lipinski definition) is 13. The number of fused-ring (bicyclic) bond motifs is 2. The summed E-state index contributed by atoms with van der Waals surface area (Å²) >= 11 is 0. The topological polar surface area (TPSA) is 293 Å². The molecule has 5 amide bonds. The van der Waals surface area contributed by atoms with Crippen molar-refractivity contribution in [1.82, 2.24) is 53.8 Å². The number of hydrogen-bond donors (Lipinski definition) is 6. The van der Waals surface area contributed by atoms with Gasteiger partial charge in [0.15, 0.2) is 5.75 Å². The maximum atomic E-state index is 13.8. The number of ether oxygens (including phenoxy) is 2. The number of amides is 5. The number of nitrogens with zero attached hydrogens (tertiary/aromatic N) is 10. The van der Waals surface area contributed by atoms with E-state index in [2.05, 4.69) is 46.5 Å². The molecule has 0 aliphatic rings. The van der Waals surface area contributed by atoms with E-state index in [1.165, 1.54) is 31.4 Å². The lowest BCUT2D eigenvalue weighted by Crippen LogP contribution is -2.27. The molecule has 23 nitrogen and oxygen atoms in total. The first kappa shape index (κ1) is 46.2. The van der Waals surface area contributed by atoms with E-state index in [0.29, 0.717) is 47.7 Å². The van der Waals surface area contributed by atoms with Gasteiger partial charge in [0.05, 0.1) is 48.0 Å². The molecule has 5 aromatic heterocycles. The molecule has 5 heterocycles. The van der Waals surface area contributed by atoms with Crippen LogP contribution in [0.15, 0.2) is 73.1 Å². The lowest BCUT2D eigenvalue weighted by atomic mass is 10.1. The second kappa shape index (κ2) is 20.0. The SMILES string of the molecule is CCn1nc(C)cc1C(=O)Nc1nc2cc(C(N)=O)cc(OC)c2n1C/C=C/Cn1c(NC(=O)c2cc(C)nn2CC)nc2cc(C(N)=O)cc(OC(=O)NC/C=C/Cn3cc(NC)cn3)c21. The molecule has 8 N–H and O–H groups in total. The first-order valence-electron chi connectivity index (χ1n) is 21.1. The minimum Gasteiger partial charge on any atom is -0.494 e. The van der Waals surface area contributed by atoms with Crippen LogP contribution in [0, 0.1) is 13.8 Å². The summed E-state index contributed by atoms with van der Waals surface area (Å²) < 4.78 is 19.6. The summed E-state index contributed by atoms with van der Waals surface area (Å²) in [4.78, 5) is 75.0. The predicted octanol–water partition coefficient (Wildman–Crippen LogP) is 3.99. The number of benzene rings is 2. The number of primary amides is 2.